The molecule has 0 aliphatic rings. The van der Waals surface area contributed by atoms with Crippen molar-refractivity contribution in [2.75, 3.05) is 0 Å². The number of carboxylic acid groups (broad SMARTS) is 1. The molecule has 4 atom stereocenters. The molecule has 8 nitrogen and oxygen atoms in total. The van der Waals surface area contributed by atoms with E-state index in [1.807, 2.05) is 0 Å². The second-order valence-corrected chi connectivity index (χ2v) is 4.87. The van der Waals surface area contributed by atoms with Gasteiger partial charge in [0.15, 0.2) is 12.2 Å². The molecule has 0 fully saturated rings. The first-order valence-electron chi connectivity index (χ1n) is 6.72. The summed E-state index contributed by atoms with van der Waals surface area (Å²) >= 11 is 0. The number of carbonyl (C=O) groups excluding carboxylic acids is 1. The van der Waals surface area contributed by atoms with Gasteiger partial charge < -0.3 is 30.8 Å². The molecule has 126 valence electrons. The Bertz CT molecular complexity index is 557. The van der Waals surface area contributed by atoms with Crippen molar-refractivity contribution in [2.24, 2.45) is 0 Å². The van der Waals surface area contributed by atoms with E-state index < -0.39 is 36.3 Å². The first-order valence-corrected chi connectivity index (χ1v) is 6.72. The minimum Gasteiger partial charge on any atom is -0.479 e. The number of rotatable bonds is 8. The minimum atomic E-state index is -2.32. The van der Waals surface area contributed by atoms with Crippen LogP contribution in [0.15, 0.2) is 30.8 Å². The van der Waals surface area contributed by atoms with Crippen molar-refractivity contribution in [1.29, 1.82) is 0 Å². The molecule has 0 spiro atoms. The van der Waals surface area contributed by atoms with E-state index in [1.165, 1.54) is 0 Å². The number of carbonyl (C=O) groups is 2. The topological polar surface area (TPSA) is 147 Å². The fourth-order valence-corrected chi connectivity index (χ4v) is 1.74. The average Bonchev–Trinajstić information content (AvgIpc) is 2.57. The molecule has 0 radical (unpaired) electrons. The predicted octanol–water partition coefficient (Wildman–Crippen LogP) is -1.53. The fourth-order valence-electron chi connectivity index (χ4n) is 1.74. The van der Waals surface area contributed by atoms with Crippen molar-refractivity contribution in [3.05, 3.63) is 42.0 Å². The van der Waals surface area contributed by atoms with Crippen LogP contribution in [0.5, 0.6) is 0 Å². The third-order valence-electron chi connectivity index (χ3n) is 3.20. The molecule has 0 aliphatic heterocycles. The van der Waals surface area contributed by atoms with Crippen molar-refractivity contribution in [1.82, 2.24) is 5.32 Å². The highest BCUT2D eigenvalue weighted by Gasteiger charge is 2.37. The summed E-state index contributed by atoms with van der Waals surface area (Å²) in [6.45, 7) is 3.66. The molecule has 1 aromatic rings. The molecule has 1 amide bonds. The molecule has 1 rings (SSSR count). The van der Waals surface area contributed by atoms with Crippen LogP contribution in [0.3, 0.4) is 0 Å². The summed E-state index contributed by atoms with van der Waals surface area (Å²) in [5.41, 5.74) is 1.61. The van der Waals surface area contributed by atoms with Gasteiger partial charge in [0.2, 0.25) is 0 Å². The van der Waals surface area contributed by atoms with Gasteiger partial charge in [-0.2, -0.15) is 0 Å². The molecule has 8 heteroatoms. The van der Waals surface area contributed by atoms with Crippen LogP contribution in [-0.2, 0) is 16.1 Å². The fraction of sp³-hybridized carbons (Fsp3) is 0.333. The standard InChI is InChI=1S/C15H19NO7/c1-2-8-3-5-9(6-4-8)7-16-14(21)12(19)10(17)11(18)13(20)15(22)23/h2-6,10-13,17-20H,1,7H2,(H,16,21)(H,22,23)/t10-,11+,12+,13-/m1/s1. The van der Waals surface area contributed by atoms with Gasteiger partial charge in [-0.3, -0.25) is 4.79 Å². The number of nitrogens with one attached hydrogen (secondary N) is 1. The lowest BCUT2D eigenvalue weighted by Crippen LogP contribution is -2.52. The Hall–Kier alpha value is -2.26. The maximum atomic E-state index is 11.7. The molecule has 6 N–H and O–H groups in total. The van der Waals surface area contributed by atoms with E-state index in [-0.39, 0.29) is 6.54 Å². The monoisotopic (exact) mass is 325 g/mol. The highest BCUT2D eigenvalue weighted by molar-refractivity contribution is 5.81. The second-order valence-electron chi connectivity index (χ2n) is 4.87. The lowest BCUT2D eigenvalue weighted by Gasteiger charge is -2.24. The number of aliphatic hydroxyl groups excluding tert-OH is 4. The van der Waals surface area contributed by atoms with Gasteiger partial charge in [-0.25, -0.2) is 4.79 Å². The van der Waals surface area contributed by atoms with Crippen LogP contribution in [0.2, 0.25) is 0 Å². The Balaban J connectivity index is 2.58. The SMILES string of the molecule is C=Cc1ccc(CNC(=O)[C@@H](O)[C@H](O)[C@H](O)[C@@H](O)C(=O)O)cc1. The van der Waals surface area contributed by atoms with E-state index in [0.717, 1.165) is 11.1 Å². The van der Waals surface area contributed by atoms with Crippen LogP contribution < -0.4 is 5.32 Å². The highest BCUT2D eigenvalue weighted by Crippen LogP contribution is 2.08. The largest absolute Gasteiger partial charge is 0.479 e. The van der Waals surface area contributed by atoms with Crippen molar-refractivity contribution in [2.45, 2.75) is 31.0 Å². The molecule has 23 heavy (non-hydrogen) atoms. The van der Waals surface area contributed by atoms with Crippen LogP contribution in [0, 0.1) is 0 Å². The first-order chi connectivity index (χ1) is 10.8. The van der Waals surface area contributed by atoms with Crippen molar-refractivity contribution in [3.63, 3.8) is 0 Å². The van der Waals surface area contributed by atoms with Gasteiger partial charge in [0.05, 0.1) is 0 Å². The molecule has 0 saturated heterocycles. The zero-order chi connectivity index (χ0) is 17.6. The molecule has 0 bridgehead atoms. The van der Waals surface area contributed by atoms with Gasteiger partial charge in [-0.1, -0.05) is 36.9 Å². The number of aliphatic hydroxyl groups is 4. The lowest BCUT2D eigenvalue weighted by molar-refractivity contribution is -0.166. The Morgan fingerprint density at radius 2 is 1.57 bits per heavy atom. The normalized spacial score (nSPS) is 16.0. The smallest absolute Gasteiger partial charge is 0.335 e. The maximum Gasteiger partial charge on any atom is 0.335 e. The molecule has 0 unspecified atom stereocenters. The zero-order valence-electron chi connectivity index (χ0n) is 12.2. The first kappa shape index (κ1) is 18.8. The second kappa shape index (κ2) is 8.39. The highest BCUT2D eigenvalue weighted by atomic mass is 16.4. The zero-order valence-corrected chi connectivity index (χ0v) is 12.2. The Labute approximate surface area is 132 Å². The van der Waals surface area contributed by atoms with Crippen molar-refractivity contribution >= 4 is 18.0 Å². The minimum absolute atomic E-state index is 0.0532. The van der Waals surface area contributed by atoms with E-state index in [1.54, 1.807) is 30.3 Å². The summed E-state index contributed by atoms with van der Waals surface area (Å²) in [5.74, 6) is -2.80. The van der Waals surface area contributed by atoms with E-state index in [0.29, 0.717) is 0 Å². The Kier molecular flexibility index (Phi) is 6.86. The quantitative estimate of drug-likeness (QED) is 0.340. The van der Waals surface area contributed by atoms with Crippen LogP contribution in [0.4, 0.5) is 0 Å². The number of aliphatic carboxylic acids is 1. The number of hydrogen-bond donors (Lipinski definition) is 6. The molecule has 0 saturated carbocycles. The van der Waals surface area contributed by atoms with Crippen LogP contribution in [-0.4, -0.2) is 61.8 Å². The Morgan fingerprint density at radius 3 is 2.04 bits per heavy atom. The molecule has 0 heterocycles. The summed E-state index contributed by atoms with van der Waals surface area (Å²) in [6.07, 6.45) is -7.12. The number of amides is 1. The number of hydrogen-bond acceptors (Lipinski definition) is 6. The summed E-state index contributed by atoms with van der Waals surface area (Å²) in [4.78, 5) is 22.2. The van der Waals surface area contributed by atoms with Gasteiger partial charge in [0, 0.05) is 6.54 Å². The van der Waals surface area contributed by atoms with Crippen molar-refractivity contribution < 1.29 is 35.1 Å². The molecule has 1 aromatic carbocycles. The van der Waals surface area contributed by atoms with Crippen LogP contribution >= 0.6 is 0 Å². The van der Waals surface area contributed by atoms with Gasteiger partial charge in [0.1, 0.15) is 12.2 Å². The Morgan fingerprint density at radius 1 is 1.04 bits per heavy atom. The van der Waals surface area contributed by atoms with Gasteiger partial charge in [0.25, 0.3) is 5.91 Å². The van der Waals surface area contributed by atoms with E-state index >= 15 is 0 Å². The molecular formula is C15H19NO7. The van der Waals surface area contributed by atoms with Crippen LogP contribution in [0.25, 0.3) is 6.08 Å². The summed E-state index contributed by atoms with van der Waals surface area (Å²) in [7, 11) is 0. The molecule has 0 aromatic heterocycles. The predicted molar refractivity (Wildman–Crippen MR) is 80.0 cm³/mol. The van der Waals surface area contributed by atoms with Crippen molar-refractivity contribution in [3.8, 4) is 0 Å². The lowest BCUT2D eigenvalue weighted by atomic mass is 10.0. The van der Waals surface area contributed by atoms with Gasteiger partial charge in [-0.05, 0) is 11.1 Å². The summed E-state index contributed by atoms with van der Waals surface area (Å²) < 4.78 is 0. The number of carboxylic acids is 1. The van der Waals surface area contributed by atoms with Gasteiger partial charge >= 0.3 is 5.97 Å². The summed E-state index contributed by atoms with van der Waals surface area (Å²) in [5, 5.41) is 48.5. The third-order valence-corrected chi connectivity index (χ3v) is 3.20. The van der Waals surface area contributed by atoms with E-state index in [4.69, 9.17) is 10.2 Å². The molecular weight excluding hydrogens is 306 g/mol. The maximum absolute atomic E-state index is 11.7. The van der Waals surface area contributed by atoms with Crippen LogP contribution in [0.1, 0.15) is 11.1 Å². The average molecular weight is 325 g/mol. The van der Waals surface area contributed by atoms with Gasteiger partial charge in [-0.15, -0.1) is 0 Å². The third kappa shape index (κ3) is 5.15. The van der Waals surface area contributed by atoms with E-state index in [9.17, 15) is 24.9 Å². The molecule has 0 aliphatic carbocycles. The number of benzene rings is 1. The van der Waals surface area contributed by atoms with E-state index in [2.05, 4.69) is 11.9 Å². The summed E-state index contributed by atoms with van der Waals surface area (Å²) in [6, 6.07) is 6.99.